The van der Waals surface area contributed by atoms with E-state index in [1.165, 1.54) is 11.1 Å². The molecule has 0 aliphatic heterocycles. The lowest BCUT2D eigenvalue weighted by atomic mass is 9.92. The third-order valence-corrected chi connectivity index (χ3v) is 5.95. The zero-order chi connectivity index (χ0) is 21.1. The third kappa shape index (κ3) is 9.32. The van der Waals surface area contributed by atoms with Crippen LogP contribution in [0.2, 0.25) is 0 Å². The molecule has 0 saturated heterocycles. The van der Waals surface area contributed by atoms with E-state index in [9.17, 15) is 0 Å². The molecule has 0 bridgehead atoms. The minimum atomic E-state index is -0.858. The third-order valence-electron chi connectivity index (χ3n) is 5.21. The van der Waals surface area contributed by atoms with Crippen LogP contribution in [0, 0.1) is 11.8 Å². The van der Waals surface area contributed by atoms with Gasteiger partial charge in [0.1, 0.15) is 0 Å². The predicted molar refractivity (Wildman–Crippen MR) is 118 cm³/mol. The van der Waals surface area contributed by atoms with Crippen LogP contribution in [-0.4, -0.2) is 37.6 Å². The zero-order valence-electron chi connectivity index (χ0n) is 18.5. The fourth-order valence-corrected chi connectivity index (χ4v) is 3.96. The van der Waals surface area contributed by atoms with Gasteiger partial charge in [0.25, 0.3) is 0 Å². The number of alkyl halides is 2. The number of methoxy groups -OCH3 is 2. The molecule has 160 valence electrons. The summed E-state index contributed by atoms with van der Waals surface area (Å²) < 4.78 is 18.1. The van der Waals surface area contributed by atoms with Crippen molar-refractivity contribution in [2.45, 2.75) is 78.8 Å². The van der Waals surface area contributed by atoms with Gasteiger partial charge in [0.2, 0.25) is 0 Å². The molecule has 4 unspecified atom stereocenters. The molecule has 0 rings (SSSR count). The molecule has 5 heteroatoms. The van der Waals surface area contributed by atoms with E-state index < -0.39 is 11.6 Å². The van der Waals surface area contributed by atoms with Crippen molar-refractivity contribution < 1.29 is 14.2 Å². The average molecular weight is 423 g/mol. The van der Waals surface area contributed by atoms with Crippen LogP contribution in [-0.2, 0) is 14.2 Å². The lowest BCUT2D eigenvalue weighted by Crippen LogP contribution is -2.52. The Hall–Kier alpha value is -0.0600. The van der Waals surface area contributed by atoms with Gasteiger partial charge < -0.3 is 14.2 Å². The van der Waals surface area contributed by atoms with Gasteiger partial charge in [-0.3, -0.25) is 0 Å². The van der Waals surface area contributed by atoms with E-state index in [1.807, 2.05) is 13.8 Å². The van der Waals surface area contributed by atoms with Crippen molar-refractivity contribution in [1.82, 2.24) is 0 Å². The van der Waals surface area contributed by atoms with Crippen LogP contribution in [0.15, 0.2) is 23.3 Å². The summed E-state index contributed by atoms with van der Waals surface area (Å²) in [6, 6.07) is 0. The molecular weight excluding hydrogens is 383 g/mol. The van der Waals surface area contributed by atoms with Crippen molar-refractivity contribution in [3.63, 3.8) is 0 Å². The highest BCUT2D eigenvalue weighted by atomic mass is 35.5. The molecule has 0 N–H and O–H groups in total. The zero-order valence-corrected chi connectivity index (χ0v) is 20.0. The van der Waals surface area contributed by atoms with Crippen LogP contribution < -0.4 is 0 Å². The predicted octanol–water partition coefficient (Wildman–Crippen LogP) is 6.93. The van der Waals surface area contributed by atoms with Crippen LogP contribution in [0.4, 0.5) is 0 Å². The van der Waals surface area contributed by atoms with Crippen LogP contribution in [0.5, 0.6) is 0 Å². The molecule has 27 heavy (non-hydrogen) atoms. The lowest BCUT2D eigenvalue weighted by Gasteiger charge is -2.45. The summed E-state index contributed by atoms with van der Waals surface area (Å²) in [4.78, 5) is 0. The lowest BCUT2D eigenvalue weighted by molar-refractivity contribution is -0.364. The fourth-order valence-electron chi connectivity index (χ4n) is 3.09. The molecule has 0 aliphatic rings. The van der Waals surface area contributed by atoms with Gasteiger partial charge in [-0.15, -0.1) is 23.2 Å². The highest BCUT2D eigenvalue weighted by Crippen LogP contribution is 2.38. The fraction of sp³-hybridized carbons (Fsp3) is 0.818. The Kier molecular flexibility index (Phi) is 13.2. The number of allylic oxidation sites excluding steroid dienone is 4. The van der Waals surface area contributed by atoms with Gasteiger partial charge in [-0.1, -0.05) is 23.3 Å². The Labute approximate surface area is 177 Å². The largest absolute Gasteiger partial charge is 0.353 e. The second-order valence-electron chi connectivity index (χ2n) is 7.96. The number of halogens is 2. The second-order valence-corrected chi connectivity index (χ2v) is 8.58. The first kappa shape index (κ1) is 26.9. The Morgan fingerprint density at radius 1 is 0.778 bits per heavy atom. The quantitative estimate of drug-likeness (QED) is 0.172. The molecule has 0 amide bonds. The van der Waals surface area contributed by atoms with Gasteiger partial charge in [-0.2, -0.15) is 0 Å². The van der Waals surface area contributed by atoms with E-state index in [0.717, 1.165) is 25.7 Å². The molecule has 0 aromatic heterocycles. The van der Waals surface area contributed by atoms with E-state index in [-0.39, 0.29) is 11.8 Å². The minimum Gasteiger partial charge on any atom is -0.353 e. The van der Waals surface area contributed by atoms with Gasteiger partial charge in [-0.05, 0) is 67.2 Å². The minimum absolute atomic E-state index is 0.0306. The van der Waals surface area contributed by atoms with E-state index in [0.29, 0.717) is 11.8 Å². The molecular formula is C22H40Cl2O3. The highest BCUT2D eigenvalue weighted by molar-refractivity contribution is 6.18. The monoisotopic (exact) mass is 422 g/mol. The van der Waals surface area contributed by atoms with Crippen LogP contribution in [0.1, 0.15) is 67.2 Å². The van der Waals surface area contributed by atoms with Crippen LogP contribution >= 0.6 is 23.2 Å². The smallest absolute Gasteiger partial charge is 0.172 e. The summed E-state index contributed by atoms with van der Waals surface area (Å²) in [5.41, 5.74) is 2.60. The van der Waals surface area contributed by atoms with E-state index in [4.69, 9.17) is 37.4 Å². The highest BCUT2D eigenvalue weighted by Gasteiger charge is 2.45. The molecule has 0 aromatic carbocycles. The van der Waals surface area contributed by atoms with E-state index in [1.54, 1.807) is 14.2 Å². The molecule has 0 fully saturated rings. The molecule has 0 saturated carbocycles. The Bertz CT molecular complexity index is 428. The average Bonchev–Trinajstić information content (AvgIpc) is 2.61. The summed E-state index contributed by atoms with van der Waals surface area (Å²) in [6.45, 7) is 12.3. The molecule has 0 aromatic rings. The first-order valence-corrected chi connectivity index (χ1v) is 10.8. The molecule has 3 nitrogen and oxygen atoms in total. The summed E-state index contributed by atoms with van der Waals surface area (Å²) in [6.07, 6.45) is 8.05. The summed E-state index contributed by atoms with van der Waals surface area (Å²) in [7, 11) is 3.32. The van der Waals surface area contributed by atoms with Gasteiger partial charge in [-0.25, -0.2) is 0 Å². The summed E-state index contributed by atoms with van der Waals surface area (Å²) >= 11 is 12.6. The maximum Gasteiger partial charge on any atom is 0.172 e. The SMILES string of the molecule is COC(C)(OC(C)(OC)C(CCl)CCC=C(C)C)C(CCl)CCC=C(C)C. The Morgan fingerprint density at radius 2 is 1.11 bits per heavy atom. The molecule has 0 radical (unpaired) electrons. The van der Waals surface area contributed by atoms with E-state index >= 15 is 0 Å². The van der Waals surface area contributed by atoms with Crippen LogP contribution in [0.3, 0.4) is 0 Å². The topological polar surface area (TPSA) is 27.7 Å². The molecule has 4 atom stereocenters. The Balaban J connectivity index is 5.38. The second kappa shape index (κ2) is 13.2. The normalized spacial score (nSPS) is 18.1. The van der Waals surface area contributed by atoms with Crippen molar-refractivity contribution in [1.29, 1.82) is 0 Å². The maximum atomic E-state index is 6.49. The Morgan fingerprint density at radius 3 is 1.33 bits per heavy atom. The summed E-state index contributed by atoms with van der Waals surface area (Å²) in [5, 5.41) is 0. The molecule has 0 spiro atoms. The first-order valence-electron chi connectivity index (χ1n) is 9.77. The van der Waals surface area contributed by atoms with Crippen molar-refractivity contribution in [2.75, 3.05) is 26.0 Å². The van der Waals surface area contributed by atoms with Gasteiger partial charge in [0.15, 0.2) is 11.6 Å². The first-order chi connectivity index (χ1) is 12.6. The van der Waals surface area contributed by atoms with Crippen molar-refractivity contribution >= 4 is 23.2 Å². The van der Waals surface area contributed by atoms with Crippen LogP contribution in [0.25, 0.3) is 0 Å². The van der Waals surface area contributed by atoms with Crippen molar-refractivity contribution in [3.8, 4) is 0 Å². The standard InChI is InChI=1S/C22H40Cl2O3/c1-17(2)11-9-13-19(15-23)21(5,25-7)27-22(6,26-8)20(16-24)14-10-12-18(3)4/h11-12,19-20H,9-10,13-16H2,1-8H3. The van der Waals surface area contributed by atoms with Crippen molar-refractivity contribution in [2.24, 2.45) is 11.8 Å². The van der Waals surface area contributed by atoms with Gasteiger partial charge >= 0.3 is 0 Å². The summed E-state index contributed by atoms with van der Waals surface area (Å²) in [5.74, 6) is -0.759. The van der Waals surface area contributed by atoms with Gasteiger partial charge in [0, 0.05) is 37.8 Å². The molecule has 0 aliphatic carbocycles. The number of hydrogen-bond acceptors (Lipinski definition) is 3. The maximum absolute atomic E-state index is 6.49. The van der Waals surface area contributed by atoms with E-state index in [2.05, 4.69) is 39.8 Å². The number of rotatable bonds is 14. The molecule has 0 heterocycles. The van der Waals surface area contributed by atoms with Gasteiger partial charge in [0.05, 0.1) is 0 Å². The van der Waals surface area contributed by atoms with Crippen molar-refractivity contribution in [3.05, 3.63) is 23.3 Å². The number of hydrogen-bond donors (Lipinski definition) is 0. The number of ether oxygens (including phenoxy) is 3.